The Morgan fingerprint density at radius 3 is 3.00 bits per heavy atom. The molecule has 0 spiro atoms. The van der Waals surface area contributed by atoms with E-state index in [-0.39, 0.29) is 0 Å². The summed E-state index contributed by atoms with van der Waals surface area (Å²) >= 11 is 1.82. The number of nitrogens with zero attached hydrogens (tertiary/aromatic N) is 1. The van der Waals surface area contributed by atoms with Crippen LogP contribution in [0.3, 0.4) is 0 Å². The van der Waals surface area contributed by atoms with Gasteiger partial charge in [0.2, 0.25) is 0 Å². The van der Waals surface area contributed by atoms with Crippen molar-refractivity contribution in [3.8, 4) is 11.8 Å². The number of hydrogen-bond donors (Lipinski definition) is 1. The normalized spacial score (nSPS) is 27.9. The third-order valence-electron chi connectivity index (χ3n) is 4.85. The number of hydrogen-bond acceptors (Lipinski definition) is 3. The van der Waals surface area contributed by atoms with Crippen LogP contribution in [0.5, 0.6) is 0 Å². The van der Waals surface area contributed by atoms with Gasteiger partial charge in [-0.2, -0.15) is 0 Å². The Balaban J connectivity index is 1.51. The van der Waals surface area contributed by atoms with E-state index in [0.717, 1.165) is 29.9 Å². The van der Waals surface area contributed by atoms with Crippen molar-refractivity contribution < 1.29 is 0 Å². The van der Waals surface area contributed by atoms with Gasteiger partial charge in [-0.05, 0) is 50.1 Å². The molecule has 2 aliphatic rings. The number of nitrogens with two attached hydrogens (primary N) is 1. The Morgan fingerprint density at radius 2 is 2.30 bits per heavy atom. The van der Waals surface area contributed by atoms with Crippen LogP contribution in [0.2, 0.25) is 0 Å². The van der Waals surface area contributed by atoms with Gasteiger partial charge < -0.3 is 10.6 Å². The quantitative estimate of drug-likeness (QED) is 0.863. The molecule has 0 aliphatic heterocycles. The lowest BCUT2D eigenvalue weighted by Gasteiger charge is -2.26. The fourth-order valence-corrected chi connectivity index (χ4v) is 4.91. The molecule has 0 amide bonds. The van der Waals surface area contributed by atoms with Crippen molar-refractivity contribution >= 4 is 11.3 Å². The van der Waals surface area contributed by atoms with Gasteiger partial charge in [-0.25, -0.2) is 0 Å². The van der Waals surface area contributed by atoms with Gasteiger partial charge in [0.15, 0.2) is 0 Å². The second-order valence-corrected chi connectivity index (χ2v) is 7.44. The molecule has 0 aromatic carbocycles. The first-order valence-electron chi connectivity index (χ1n) is 7.69. The van der Waals surface area contributed by atoms with Crippen molar-refractivity contribution in [1.82, 2.24) is 4.90 Å². The van der Waals surface area contributed by atoms with Crippen LogP contribution in [0.1, 0.15) is 36.1 Å². The zero-order chi connectivity index (χ0) is 13.9. The van der Waals surface area contributed by atoms with Gasteiger partial charge in [-0.3, -0.25) is 0 Å². The first-order valence-corrected chi connectivity index (χ1v) is 8.57. The lowest BCUT2D eigenvalue weighted by molar-refractivity contribution is 0.216. The van der Waals surface area contributed by atoms with Gasteiger partial charge in [0.05, 0.1) is 6.54 Å². The Bertz CT molecular complexity index is 511. The Hall–Kier alpha value is -0.820. The molecule has 2 aliphatic carbocycles. The van der Waals surface area contributed by atoms with Crippen molar-refractivity contribution in [2.45, 2.75) is 32.2 Å². The van der Waals surface area contributed by atoms with E-state index in [1.807, 2.05) is 11.3 Å². The third-order valence-corrected chi connectivity index (χ3v) is 5.77. The van der Waals surface area contributed by atoms with E-state index in [1.54, 1.807) is 0 Å². The molecule has 3 rings (SSSR count). The minimum Gasteiger partial charge on any atom is -0.320 e. The van der Waals surface area contributed by atoms with Crippen LogP contribution < -0.4 is 5.73 Å². The SMILES string of the molecule is CN(Cc1cc(C#CCN)cs1)CC1CC2CCC1C2. The van der Waals surface area contributed by atoms with Gasteiger partial charge in [-0.15, -0.1) is 11.3 Å². The van der Waals surface area contributed by atoms with Crippen LogP contribution in [0, 0.1) is 29.6 Å². The highest BCUT2D eigenvalue weighted by atomic mass is 32.1. The van der Waals surface area contributed by atoms with Gasteiger partial charge in [0.1, 0.15) is 0 Å². The van der Waals surface area contributed by atoms with Crippen molar-refractivity contribution in [2.75, 3.05) is 20.1 Å². The van der Waals surface area contributed by atoms with Crippen LogP contribution >= 0.6 is 11.3 Å². The number of rotatable bonds is 4. The molecule has 3 heteroatoms. The van der Waals surface area contributed by atoms with E-state index in [2.05, 4.69) is 35.2 Å². The van der Waals surface area contributed by atoms with Crippen LogP contribution in [0.15, 0.2) is 11.4 Å². The average Bonchev–Trinajstić information content (AvgIpc) is 3.12. The van der Waals surface area contributed by atoms with Gasteiger partial charge in [0.25, 0.3) is 0 Å². The molecule has 108 valence electrons. The third kappa shape index (κ3) is 3.25. The molecule has 1 heterocycles. The molecular formula is C17H24N2S. The molecule has 2 N–H and O–H groups in total. The lowest BCUT2D eigenvalue weighted by atomic mass is 9.88. The highest BCUT2D eigenvalue weighted by Crippen LogP contribution is 2.48. The fraction of sp³-hybridized carbons (Fsp3) is 0.647. The summed E-state index contributed by atoms with van der Waals surface area (Å²) in [6.45, 7) is 2.76. The fourth-order valence-electron chi connectivity index (χ4n) is 4.01. The molecule has 0 saturated heterocycles. The first kappa shape index (κ1) is 14.1. The molecular weight excluding hydrogens is 264 g/mol. The largest absolute Gasteiger partial charge is 0.320 e. The van der Waals surface area contributed by atoms with Crippen LogP contribution in [0.4, 0.5) is 0 Å². The van der Waals surface area contributed by atoms with E-state index in [4.69, 9.17) is 5.73 Å². The molecule has 1 aromatic heterocycles. The smallest absolute Gasteiger partial charge is 0.0555 e. The summed E-state index contributed by atoms with van der Waals surface area (Å²) in [5.74, 6) is 9.06. The van der Waals surface area contributed by atoms with E-state index >= 15 is 0 Å². The minimum atomic E-state index is 0.440. The van der Waals surface area contributed by atoms with Gasteiger partial charge in [-0.1, -0.05) is 18.3 Å². The summed E-state index contributed by atoms with van der Waals surface area (Å²) in [4.78, 5) is 3.91. The van der Waals surface area contributed by atoms with E-state index in [9.17, 15) is 0 Å². The molecule has 2 fully saturated rings. The topological polar surface area (TPSA) is 29.3 Å². The van der Waals surface area contributed by atoms with Gasteiger partial charge in [0, 0.05) is 28.9 Å². The number of thiophene rings is 1. The van der Waals surface area contributed by atoms with E-state index in [0.29, 0.717) is 6.54 Å². The average molecular weight is 288 g/mol. The molecule has 2 saturated carbocycles. The van der Waals surface area contributed by atoms with Crippen LogP contribution in [-0.4, -0.2) is 25.0 Å². The maximum atomic E-state index is 5.41. The zero-order valence-electron chi connectivity index (χ0n) is 12.3. The second-order valence-electron chi connectivity index (χ2n) is 6.44. The molecule has 20 heavy (non-hydrogen) atoms. The first-order chi connectivity index (χ1) is 9.74. The standard InChI is InChI=1S/C17H24N2S/c1-19(10-16-8-13-4-5-15(16)7-13)11-17-9-14(12-20-17)3-2-6-18/h9,12-13,15-16H,4-8,10-11,18H2,1H3. The Morgan fingerprint density at radius 1 is 1.40 bits per heavy atom. The highest BCUT2D eigenvalue weighted by Gasteiger charge is 2.39. The predicted octanol–water partition coefficient (Wildman–Crippen LogP) is 2.93. The summed E-state index contributed by atoms with van der Waals surface area (Å²) in [7, 11) is 2.26. The lowest BCUT2D eigenvalue weighted by Crippen LogP contribution is -2.28. The highest BCUT2D eigenvalue weighted by molar-refractivity contribution is 7.10. The molecule has 0 radical (unpaired) electrons. The maximum absolute atomic E-state index is 5.41. The van der Waals surface area contributed by atoms with Crippen molar-refractivity contribution in [2.24, 2.45) is 23.5 Å². The maximum Gasteiger partial charge on any atom is 0.0555 e. The summed E-state index contributed by atoms with van der Waals surface area (Å²) in [6.07, 6.45) is 5.98. The summed E-state index contributed by atoms with van der Waals surface area (Å²) < 4.78 is 0. The summed E-state index contributed by atoms with van der Waals surface area (Å²) in [5.41, 5.74) is 6.52. The second kappa shape index (κ2) is 6.30. The molecule has 3 atom stereocenters. The molecule has 2 nitrogen and oxygen atoms in total. The number of fused-ring (bicyclic) bond motifs is 2. The predicted molar refractivity (Wildman–Crippen MR) is 85.5 cm³/mol. The van der Waals surface area contributed by atoms with Crippen molar-refractivity contribution in [3.63, 3.8) is 0 Å². The van der Waals surface area contributed by atoms with Crippen LogP contribution in [0.25, 0.3) is 0 Å². The monoisotopic (exact) mass is 288 g/mol. The van der Waals surface area contributed by atoms with Crippen LogP contribution in [-0.2, 0) is 6.54 Å². The summed E-state index contributed by atoms with van der Waals surface area (Å²) in [5, 5.41) is 2.14. The van der Waals surface area contributed by atoms with Gasteiger partial charge >= 0.3 is 0 Å². The Kier molecular flexibility index (Phi) is 4.45. The van der Waals surface area contributed by atoms with Crippen molar-refractivity contribution in [3.05, 3.63) is 21.9 Å². The van der Waals surface area contributed by atoms with E-state index in [1.165, 1.54) is 37.1 Å². The molecule has 1 aromatic rings. The minimum absolute atomic E-state index is 0.440. The molecule has 2 bridgehead atoms. The Labute approximate surface area is 126 Å². The zero-order valence-corrected chi connectivity index (χ0v) is 13.1. The van der Waals surface area contributed by atoms with Crippen molar-refractivity contribution in [1.29, 1.82) is 0 Å². The molecule has 3 unspecified atom stereocenters. The summed E-state index contributed by atoms with van der Waals surface area (Å²) in [6, 6.07) is 2.21. The van der Waals surface area contributed by atoms with E-state index < -0.39 is 0 Å².